The van der Waals surface area contributed by atoms with E-state index < -0.39 is 0 Å². The molecule has 0 bridgehead atoms. The number of carbonyl (C=O) groups is 1. The highest BCUT2D eigenvalue weighted by atomic mass is 16.2. The number of hydrogen-bond donors (Lipinski definition) is 1. The van der Waals surface area contributed by atoms with Crippen molar-refractivity contribution >= 4 is 5.91 Å². The summed E-state index contributed by atoms with van der Waals surface area (Å²) in [7, 11) is 0. The van der Waals surface area contributed by atoms with Gasteiger partial charge in [-0.3, -0.25) is 9.78 Å². The molecule has 4 rings (SSSR count). The smallest absolute Gasteiger partial charge is 0.272 e. The largest absolute Gasteiger partial charge is 0.348 e. The minimum absolute atomic E-state index is 0.101. The highest BCUT2D eigenvalue weighted by Gasteiger charge is 2.23. The zero-order chi connectivity index (χ0) is 19.5. The second-order valence-electron chi connectivity index (χ2n) is 7.83. The molecular formula is C23H26N4O. The zero-order valence-corrected chi connectivity index (χ0v) is 16.4. The number of benzene rings is 1. The van der Waals surface area contributed by atoms with E-state index in [9.17, 15) is 4.79 Å². The summed E-state index contributed by atoms with van der Waals surface area (Å²) in [6, 6.07) is 14.1. The summed E-state index contributed by atoms with van der Waals surface area (Å²) in [5.74, 6) is 0.654. The van der Waals surface area contributed by atoms with Crippen LogP contribution in [0.25, 0.3) is 16.9 Å². The molecule has 1 saturated carbocycles. The van der Waals surface area contributed by atoms with Crippen LogP contribution in [-0.2, 0) is 0 Å². The van der Waals surface area contributed by atoms with Crippen molar-refractivity contribution in [3.05, 3.63) is 66.1 Å². The second-order valence-corrected chi connectivity index (χ2v) is 7.83. The maximum Gasteiger partial charge on any atom is 0.272 e. The Labute approximate surface area is 165 Å². The Morgan fingerprint density at radius 1 is 1.11 bits per heavy atom. The first-order chi connectivity index (χ1) is 13.6. The molecule has 2 aromatic heterocycles. The van der Waals surface area contributed by atoms with Crippen LogP contribution in [0, 0.1) is 12.8 Å². The lowest BCUT2D eigenvalue weighted by atomic mass is 9.87. The number of aryl methyl sites for hydroxylation is 1. The maximum absolute atomic E-state index is 12.9. The first-order valence-electron chi connectivity index (χ1n) is 9.98. The van der Waals surface area contributed by atoms with E-state index in [0.717, 1.165) is 35.7 Å². The van der Waals surface area contributed by atoms with Crippen LogP contribution in [0.3, 0.4) is 0 Å². The predicted octanol–water partition coefficient (Wildman–Crippen LogP) is 4.55. The molecule has 3 aromatic rings. The van der Waals surface area contributed by atoms with E-state index in [1.54, 1.807) is 12.4 Å². The monoisotopic (exact) mass is 374 g/mol. The fourth-order valence-corrected chi connectivity index (χ4v) is 3.76. The lowest BCUT2D eigenvalue weighted by Gasteiger charge is -2.26. The number of nitrogens with zero attached hydrogens (tertiary/aromatic N) is 3. The molecule has 0 radical (unpaired) electrons. The summed E-state index contributed by atoms with van der Waals surface area (Å²) in [5, 5.41) is 7.82. The minimum atomic E-state index is -0.101. The third-order valence-corrected chi connectivity index (χ3v) is 5.53. The van der Waals surface area contributed by atoms with E-state index in [0.29, 0.717) is 5.69 Å². The number of pyridine rings is 1. The molecule has 0 spiro atoms. The molecule has 1 amide bonds. The first-order valence-corrected chi connectivity index (χ1v) is 9.98. The molecule has 1 aliphatic carbocycles. The molecule has 0 aliphatic heterocycles. The summed E-state index contributed by atoms with van der Waals surface area (Å²) in [5.41, 5.74) is 4.34. The Kier molecular flexibility index (Phi) is 5.24. The number of hydrogen-bond acceptors (Lipinski definition) is 3. The number of nitrogens with one attached hydrogen (secondary N) is 1. The van der Waals surface area contributed by atoms with Gasteiger partial charge in [-0.25, -0.2) is 4.68 Å². The van der Waals surface area contributed by atoms with Gasteiger partial charge >= 0.3 is 0 Å². The van der Waals surface area contributed by atoms with Crippen LogP contribution in [0.5, 0.6) is 0 Å². The maximum atomic E-state index is 12.9. The van der Waals surface area contributed by atoms with Crippen molar-refractivity contribution in [3.63, 3.8) is 0 Å². The van der Waals surface area contributed by atoms with Crippen molar-refractivity contribution in [1.82, 2.24) is 20.1 Å². The fraction of sp³-hybridized carbons (Fsp3) is 0.348. The van der Waals surface area contributed by atoms with Gasteiger partial charge in [-0.15, -0.1) is 0 Å². The Balaban J connectivity index is 1.65. The van der Waals surface area contributed by atoms with Crippen LogP contribution in [0.4, 0.5) is 0 Å². The molecule has 1 aromatic carbocycles. The van der Waals surface area contributed by atoms with Crippen molar-refractivity contribution in [1.29, 1.82) is 0 Å². The van der Waals surface area contributed by atoms with Gasteiger partial charge in [0, 0.05) is 24.0 Å². The highest BCUT2D eigenvalue weighted by molar-refractivity contribution is 5.93. The van der Waals surface area contributed by atoms with E-state index in [4.69, 9.17) is 0 Å². The van der Waals surface area contributed by atoms with Gasteiger partial charge in [-0.05, 0) is 68.9 Å². The molecule has 144 valence electrons. The molecular weight excluding hydrogens is 348 g/mol. The Hall–Kier alpha value is -2.95. The lowest BCUT2D eigenvalue weighted by molar-refractivity contribution is 0.0917. The molecule has 1 fully saturated rings. The number of rotatable bonds is 4. The Bertz CT molecular complexity index is 938. The van der Waals surface area contributed by atoms with E-state index >= 15 is 0 Å². The fourth-order valence-electron chi connectivity index (χ4n) is 3.76. The average molecular weight is 374 g/mol. The molecule has 1 aliphatic rings. The van der Waals surface area contributed by atoms with E-state index in [1.807, 2.05) is 47.1 Å². The molecule has 1 N–H and O–H groups in total. The van der Waals surface area contributed by atoms with E-state index in [1.165, 1.54) is 18.4 Å². The summed E-state index contributed by atoms with van der Waals surface area (Å²) < 4.78 is 1.83. The van der Waals surface area contributed by atoms with Gasteiger partial charge in [0.1, 0.15) is 0 Å². The van der Waals surface area contributed by atoms with Crippen molar-refractivity contribution in [3.8, 4) is 16.9 Å². The van der Waals surface area contributed by atoms with Crippen molar-refractivity contribution in [2.24, 2.45) is 5.92 Å². The number of carbonyl (C=O) groups excluding carboxylic acids is 1. The standard InChI is InChI=1S/C23H26N4O/c1-16-5-9-19(10-6-16)25-23(28)21-14-22(18-4-3-13-24-15-18)27(26-21)20-11-7-17(2)8-12-20/h3-4,7-8,11-16,19H,5-6,9-10H2,1-2H3,(H,25,28). The lowest BCUT2D eigenvalue weighted by Crippen LogP contribution is -2.37. The average Bonchev–Trinajstić information content (AvgIpc) is 3.16. The van der Waals surface area contributed by atoms with Gasteiger partial charge in [-0.2, -0.15) is 5.10 Å². The van der Waals surface area contributed by atoms with Crippen molar-refractivity contribution in [2.75, 3.05) is 0 Å². The quantitative estimate of drug-likeness (QED) is 0.729. The van der Waals surface area contributed by atoms with Crippen LogP contribution in [0.15, 0.2) is 54.9 Å². The van der Waals surface area contributed by atoms with E-state index in [-0.39, 0.29) is 11.9 Å². The third-order valence-electron chi connectivity index (χ3n) is 5.53. The summed E-state index contributed by atoms with van der Waals surface area (Å²) in [6.45, 7) is 4.33. The molecule has 0 atom stereocenters. The number of amides is 1. The van der Waals surface area contributed by atoms with Gasteiger partial charge in [0.25, 0.3) is 5.91 Å². The summed E-state index contributed by atoms with van der Waals surface area (Å²) >= 11 is 0. The van der Waals surface area contributed by atoms with Crippen LogP contribution in [-0.4, -0.2) is 26.7 Å². The van der Waals surface area contributed by atoms with Crippen LogP contribution in [0.1, 0.15) is 48.7 Å². The normalized spacial score (nSPS) is 19.4. The highest BCUT2D eigenvalue weighted by Crippen LogP contribution is 2.26. The van der Waals surface area contributed by atoms with Gasteiger partial charge in [0.05, 0.1) is 11.4 Å². The third kappa shape index (κ3) is 3.98. The molecule has 2 heterocycles. The molecule has 0 unspecified atom stereocenters. The van der Waals surface area contributed by atoms with E-state index in [2.05, 4.69) is 29.2 Å². The molecule has 5 heteroatoms. The van der Waals surface area contributed by atoms with Crippen molar-refractivity contribution in [2.45, 2.75) is 45.6 Å². The zero-order valence-electron chi connectivity index (χ0n) is 16.4. The SMILES string of the molecule is Cc1ccc(-n2nc(C(=O)NC3CCC(C)CC3)cc2-c2cccnc2)cc1. The topological polar surface area (TPSA) is 59.8 Å². The summed E-state index contributed by atoms with van der Waals surface area (Å²) in [4.78, 5) is 17.1. The molecule has 0 saturated heterocycles. The van der Waals surface area contributed by atoms with Gasteiger partial charge in [-0.1, -0.05) is 24.6 Å². The second kappa shape index (κ2) is 7.97. The Morgan fingerprint density at radius 3 is 2.54 bits per heavy atom. The first kappa shape index (κ1) is 18.4. The Morgan fingerprint density at radius 2 is 1.86 bits per heavy atom. The molecule has 5 nitrogen and oxygen atoms in total. The molecule has 28 heavy (non-hydrogen) atoms. The van der Waals surface area contributed by atoms with Gasteiger partial charge in [0.2, 0.25) is 0 Å². The van der Waals surface area contributed by atoms with Crippen LogP contribution in [0.2, 0.25) is 0 Å². The van der Waals surface area contributed by atoms with Crippen molar-refractivity contribution < 1.29 is 4.79 Å². The predicted molar refractivity (Wildman–Crippen MR) is 110 cm³/mol. The van der Waals surface area contributed by atoms with Crippen LogP contribution < -0.4 is 5.32 Å². The minimum Gasteiger partial charge on any atom is -0.348 e. The summed E-state index contributed by atoms with van der Waals surface area (Å²) in [6.07, 6.45) is 7.97. The van der Waals surface area contributed by atoms with Crippen LogP contribution >= 0.6 is 0 Å². The van der Waals surface area contributed by atoms with Gasteiger partial charge in [0.15, 0.2) is 5.69 Å². The number of aromatic nitrogens is 3. The van der Waals surface area contributed by atoms with Gasteiger partial charge < -0.3 is 5.32 Å².